The van der Waals surface area contributed by atoms with E-state index in [4.69, 9.17) is 4.42 Å². The fourth-order valence-corrected chi connectivity index (χ4v) is 18.5. The average Bonchev–Trinajstić information content (AvgIpc) is 1.26. The van der Waals surface area contributed by atoms with E-state index in [-0.39, 0.29) is 0 Å². The normalized spacial score (nSPS) is 11.4. The van der Waals surface area contributed by atoms with E-state index in [1.54, 1.807) is 0 Å². The highest BCUT2D eigenvalue weighted by atomic mass is 32.1. The van der Waals surface area contributed by atoms with Gasteiger partial charge in [0.05, 0.1) is 0 Å². The van der Waals surface area contributed by atoms with E-state index in [2.05, 4.69) is 434 Å². The van der Waals surface area contributed by atoms with Crippen LogP contribution in [0.2, 0.25) is 0 Å². The summed E-state index contributed by atoms with van der Waals surface area (Å²) in [7, 11) is 0. The van der Waals surface area contributed by atoms with E-state index in [1.807, 2.05) is 34.8 Å². The van der Waals surface area contributed by atoms with Crippen molar-refractivity contribution in [2.45, 2.75) is 0 Å². The maximum atomic E-state index is 6.40. The van der Waals surface area contributed by atoms with Crippen LogP contribution in [-0.4, -0.2) is 0 Å². The fraction of sp³-hybridized carbons (Fsp3) is 0. The molecule has 0 unspecified atom stereocenters. The Labute approximate surface area is 665 Å². The molecular weight excluding hydrogens is 1410 g/mol. The SMILES string of the molecule is c1ccc(-c2ccc(-c3ccc(N(c4ccc(-c5ccc(-c6ccccc6)cc5)cc4)c4ccc(-c5cccc6c5oc5ccccc56)cc4)cc3)cc2)cc1.c1ccc(-c2ccc(-c3ccc(N(c4ccc(-c5cccc6c5sc5ccccc56)cc4)c4ccc(-c5cccc6c5sc5ccccc56)cc4)cc3)cc2)cc1. The number of hydrogen-bond donors (Lipinski definition) is 0. The smallest absolute Gasteiger partial charge is 0.143 e. The van der Waals surface area contributed by atoms with Gasteiger partial charge < -0.3 is 14.2 Å². The highest BCUT2D eigenvalue weighted by Crippen LogP contribution is 2.46. The molecule has 0 saturated carbocycles. The van der Waals surface area contributed by atoms with E-state index in [1.165, 1.54) is 129 Å². The number of benzene rings is 18. The first-order chi connectivity index (χ1) is 56.0. The first kappa shape index (κ1) is 68.1. The van der Waals surface area contributed by atoms with Gasteiger partial charge in [0.15, 0.2) is 0 Å². The number of rotatable bonds is 15. The molecule has 21 aromatic rings. The van der Waals surface area contributed by atoms with E-state index in [0.29, 0.717) is 0 Å². The summed E-state index contributed by atoms with van der Waals surface area (Å²) in [5.41, 5.74) is 30.0. The van der Waals surface area contributed by atoms with Gasteiger partial charge in [-0.25, -0.2) is 0 Å². The van der Waals surface area contributed by atoms with Crippen LogP contribution in [0.15, 0.2) is 441 Å². The van der Waals surface area contributed by atoms with Gasteiger partial charge in [0, 0.05) is 90.8 Å². The minimum Gasteiger partial charge on any atom is -0.455 e. The van der Waals surface area contributed by atoms with Crippen LogP contribution in [0.3, 0.4) is 0 Å². The first-order valence-electron chi connectivity index (χ1n) is 38.4. The summed E-state index contributed by atoms with van der Waals surface area (Å²) in [5, 5.41) is 7.56. The molecule has 0 fully saturated rings. The Morgan fingerprint density at radius 2 is 0.389 bits per heavy atom. The van der Waals surface area contributed by atoms with Crippen molar-refractivity contribution >= 4 is 119 Å². The zero-order valence-electron chi connectivity index (χ0n) is 61.7. The molecule has 21 rings (SSSR count). The summed E-state index contributed by atoms with van der Waals surface area (Å²) < 4.78 is 11.7. The number of furan rings is 1. The van der Waals surface area contributed by atoms with Crippen molar-refractivity contribution in [1.29, 1.82) is 0 Å². The van der Waals surface area contributed by atoms with Crippen molar-refractivity contribution in [2.75, 3.05) is 9.80 Å². The van der Waals surface area contributed by atoms with E-state index in [0.717, 1.165) is 67.2 Å². The first-order valence-corrected chi connectivity index (χ1v) is 40.0. The molecule has 0 saturated heterocycles. The highest BCUT2D eigenvalue weighted by molar-refractivity contribution is 7.26. The molecule has 18 aromatic carbocycles. The molecular formula is C108H72N2OS2. The maximum absolute atomic E-state index is 6.40. The number of hydrogen-bond acceptors (Lipinski definition) is 5. The number of fused-ring (bicyclic) bond motifs is 9. The lowest BCUT2D eigenvalue weighted by Crippen LogP contribution is -2.09. The second-order valence-corrected chi connectivity index (χ2v) is 30.7. The molecule has 5 heteroatoms. The van der Waals surface area contributed by atoms with Gasteiger partial charge in [0.25, 0.3) is 0 Å². The Morgan fingerprint density at radius 1 is 0.159 bits per heavy atom. The second-order valence-electron chi connectivity index (χ2n) is 28.6. The number of thiophene rings is 2. The standard InChI is InChI=1S/C54H37NO.C54H35NS2/c1-3-10-38(11-4-1)40-18-22-42(23-19-40)44-26-32-47(33-27-44)55(48-34-28-45(29-35-48)43-24-20-41(21-25-43)39-12-5-2-6-13-39)49-36-30-46(31-37-49)50-15-9-16-52-51-14-7-8-17-53(51)56-54(50)52;1-2-10-36(11-3-1)37-20-22-38(23-21-37)39-24-30-42(31-25-39)55(43-32-26-40(27-33-43)45-14-8-16-49-47-12-4-6-18-51(47)56-53(45)49)44-34-28-41(29-35-44)46-15-9-17-50-48-13-5-7-19-52(48)57-54(46)50/h1-37H;1-35H. The summed E-state index contributed by atoms with van der Waals surface area (Å²) in [6.45, 7) is 0. The highest BCUT2D eigenvalue weighted by Gasteiger charge is 2.20. The summed E-state index contributed by atoms with van der Waals surface area (Å²) in [6.07, 6.45) is 0. The lowest BCUT2D eigenvalue weighted by Gasteiger charge is -2.26. The van der Waals surface area contributed by atoms with Gasteiger partial charge in [-0.3, -0.25) is 0 Å². The van der Waals surface area contributed by atoms with Gasteiger partial charge in [0.2, 0.25) is 0 Å². The summed E-state index contributed by atoms with van der Waals surface area (Å²) in [5.74, 6) is 0. The molecule has 0 radical (unpaired) electrons. The van der Waals surface area contributed by atoms with Gasteiger partial charge in [-0.2, -0.15) is 0 Å². The van der Waals surface area contributed by atoms with Crippen LogP contribution < -0.4 is 9.80 Å². The Hall–Kier alpha value is -14.2. The van der Waals surface area contributed by atoms with E-state index < -0.39 is 0 Å². The molecule has 0 bridgehead atoms. The summed E-state index contributed by atoms with van der Waals surface area (Å²) >= 11 is 3.76. The van der Waals surface area contributed by atoms with Crippen LogP contribution in [0, 0.1) is 0 Å². The minimum absolute atomic E-state index is 0.906. The van der Waals surface area contributed by atoms with Crippen molar-refractivity contribution in [2.24, 2.45) is 0 Å². The molecule has 0 atom stereocenters. The Bertz CT molecular complexity index is 6650. The zero-order valence-corrected chi connectivity index (χ0v) is 63.3. The fourth-order valence-electron chi connectivity index (χ4n) is 16.1. The second kappa shape index (κ2) is 30.0. The molecule has 0 spiro atoms. The topological polar surface area (TPSA) is 19.6 Å². The zero-order chi connectivity index (χ0) is 75.0. The Kier molecular flexibility index (Phi) is 18.1. The number of anilines is 6. The minimum atomic E-state index is 0.906. The molecule has 0 aliphatic carbocycles. The quantitative estimate of drug-likeness (QED) is 0.102. The molecule has 0 aliphatic heterocycles. The van der Waals surface area contributed by atoms with Crippen LogP contribution in [0.5, 0.6) is 0 Å². The molecule has 3 nitrogen and oxygen atoms in total. The van der Waals surface area contributed by atoms with Crippen molar-refractivity contribution in [3.8, 4) is 100 Å². The van der Waals surface area contributed by atoms with Gasteiger partial charge in [-0.15, -0.1) is 22.7 Å². The lowest BCUT2D eigenvalue weighted by molar-refractivity contribution is 0.670. The molecule has 3 heterocycles. The van der Waals surface area contributed by atoms with Crippen molar-refractivity contribution in [1.82, 2.24) is 0 Å². The Morgan fingerprint density at radius 3 is 0.717 bits per heavy atom. The number of nitrogens with zero attached hydrogens (tertiary/aromatic N) is 2. The molecule has 113 heavy (non-hydrogen) atoms. The molecule has 3 aromatic heterocycles. The molecule has 0 amide bonds. The third kappa shape index (κ3) is 13.4. The molecule has 0 aliphatic rings. The Balaban J connectivity index is 0.000000147. The largest absolute Gasteiger partial charge is 0.455 e. The van der Waals surface area contributed by atoms with Gasteiger partial charge in [-0.1, -0.05) is 346 Å². The van der Waals surface area contributed by atoms with Crippen LogP contribution in [0.25, 0.3) is 162 Å². The van der Waals surface area contributed by atoms with Crippen molar-refractivity contribution in [3.05, 3.63) is 437 Å². The molecule has 0 N–H and O–H groups in total. The molecule has 532 valence electrons. The van der Waals surface area contributed by atoms with E-state index in [9.17, 15) is 0 Å². The van der Waals surface area contributed by atoms with Gasteiger partial charge in [-0.05, 0) is 186 Å². The lowest BCUT2D eigenvalue weighted by atomic mass is 9.99. The predicted octanol–water partition coefficient (Wildman–Crippen LogP) is 32.0. The summed E-state index contributed by atoms with van der Waals surface area (Å²) in [4.78, 5) is 4.70. The summed E-state index contributed by atoms with van der Waals surface area (Å²) in [6, 6.07) is 157. The van der Waals surface area contributed by atoms with Crippen molar-refractivity contribution in [3.63, 3.8) is 0 Å². The van der Waals surface area contributed by atoms with Gasteiger partial charge >= 0.3 is 0 Å². The monoisotopic (exact) mass is 1480 g/mol. The maximum Gasteiger partial charge on any atom is 0.143 e. The van der Waals surface area contributed by atoms with Crippen LogP contribution in [0.4, 0.5) is 34.1 Å². The number of para-hydroxylation sites is 2. The van der Waals surface area contributed by atoms with Crippen LogP contribution >= 0.6 is 22.7 Å². The van der Waals surface area contributed by atoms with E-state index >= 15 is 0 Å². The van der Waals surface area contributed by atoms with Crippen LogP contribution in [-0.2, 0) is 0 Å². The third-order valence-electron chi connectivity index (χ3n) is 21.9. The van der Waals surface area contributed by atoms with Crippen LogP contribution in [0.1, 0.15) is 0 Å². The van der Waals surface area contributed by atoms with Crippen molar-refractivity contribution < 1.29 is 4.42 Å². The third-order valence-corrected chi connectivity index (χ3v) is 24.3. The predicted molar refractivity (Wildman–Crippen MR) is 484 cm³/mol. The van der Waals surface area contributed by atoms with Gasteiger partial charge in [0.1, 0.15) is 11.2 Å². The average molecular weight is 1480 g/mol.